The van der Waals surface area contributed by atoms with Crippen molar-refractivity contribution in [3.05, 3.63) is 0 Å². The molecule has 8 N–H and O–H groups in total. The van der Waals surface area contributed by atoms with Gasteiger partial charge in [0, 0.05) is 0 Å². The highest BCUT2D eigenvalue weighted by atomic mass is 16.4. The zero-order valence-electron chi connectivity index (χ0n) is 13.7. The Balaban J connectivity index is 4.82. The normalized spacial score (nSPS) is 13.6. The molecule has 146 valence electrons. The van der Waals surface area contributed by atoms with Crippen LogP contribution in [0.25, 0.3) is 0 Å². The summed E-state index contributed by atoms with van der Waals surface area (Å²) >= 11 is 0. The van der Waals surface area contributed by atoms with Crippen LogP contribution >= 0.6 is 0 Å². The summed E-state index contributed by atoms with van der Waals surface area (Å²) < 4.78 is 0. The molecule has 0 bridgehead atoms. The fourth-order valence-electron chi connectivity index (χ4n) is 1.63. The van der Waals surface area contributed by atoms with Crippen LogP contribution in [-0.4, -0.2) is 75.6 Å². The molecule has 0 heterocycles. The highest BCUT2D eigenvalue weighted by molar-refractivity contribution is 5.95. The Morgan fingerprint density at radius 1 is 0.808 bits per heavy atom. The lowest BCUT2D eigenvalue weighted by Gasteiger charge is -2.20. The average molecular weight is 376 g/mol. The number of carbonyl (C=O) groups is 6. The van der Waals surface area contributed by atoms with Gasteiger partial charge in [0.15, 0.2) is 0 Å². The maximum absolute atomic E-state index is 12.0. The van der Waals surface area contributed by atoms with Gasteiger partial charge in [-0.15, -0.1) is 0 Å². The Hall–Kier alpha value is -3.22. The van der Waals surface area contributed by atoms with Crippen molar-refractivity contribution in [1.82, 2.24) is 16.0 Å². The van der Waals surface area contributed by atoms with Crippen LogP contribution in [0.5, 0.6) is 0 Å². The first-order valence-corrected chi connectivity index (χ1v) is 7.23. The van der Waals surface area contributed by atoms with Gasteiger partial charge in [0.05, 0.1) is 18.9 Å². The lowest BCUT2D eigenvalue weighted by molar-refractivity contribution is -0.141. The predicted octanol–water partition coefficient (Wildman–Crippen LogP) is -3.55. The number of hydrogen-bond acceptors (Lipinski definition) is 7. The first kappa shape index (κ1) is 22.8. The largest absolute Gasteiger partial charge is 0.481 e. The zero-order chi connectivity index (χ0) is 20.4. The summed E-state index contributed by atoms with van der Waals surface area (Å²) in [6.07, 6.45) is -1.49. The van der Waals surface area contributed by atoms with Crippen molar-refractivity contribution in [2.45, 2.75) is 37.9 Å². The van der Waals surface area contributed by atoms with E-state index in [-0.39, 0.29) is 0 Å². The molecule has 0 aromatic heterocycles. The molecule has 0 saturated carbocycles. The molecular weight excluding hydrogens is 356 g/mol. The number of carboxylic acid groups (broad SMARTS) is 3. The monoisotopic (exact) mass is 376 g/mol. The number of rotatable bonds is 11. The number of nitrogens with two attached hydrogens (primary N) is 1. The number of carboxylic acids is 3. The van der Waals surface area contributed by atoms with Crippen LogP contribution < -0.4 is 21.7 Å². The SMILES string of the molecule is C[C@@H](NC(=O)[C@@H](N)CC(=O)O)C(=O)N[C@@H](CC(=O)O)C(=O)NCC(=O)O. The van der Waals surface area contributed by atoms with E-state index in [1.165, 1.54) is 6.92 Å². The molecule has 0 saturated heterocycles. The molecule has 0 unspecified atom stereocenters. The molecule has 0 aliphatic carbocycles. The first-order valence-electron chi connectivity index (χ1n) is 7.23. The van der Waals surface area contributed by atoms with Gasteiger partial charge in [0.1, 0.15) is 18.6 Å². The van der Waals surface area contributed by atoms with E-state index >= 15 is 0 Å². The lowest BCUT2D eigenvalue weighted by atomic mass is 10.1. The summed E-state index contributed by atoms with van der Waals surface area (Å²) in [5.41, 5.74) is 5.33. The molecule has 0 aromatic carbocycles. The second kappa shape index (κ2) is 10.6. The summed E-state index contributed by atoms with van der Waals surface area (Å²) in [7, 11) is 0. The lowest BCUT2D eigenvalue weighted by Crippen LogP contribution is -2.55. The molecule has 3 amide bonds. The molecule has 0 aromatic rings. The fraction of sp³-hybridized carbons (Fsp3) is 0.538. The van der Waals surface area contributed by atoms with Crippen molar-refractivity contribution in [3.63, 3.8) is 0 Å². The van der Waals surface area contributed by atoms with Crippen LogP contribution in [0.3, 0.4) is 0 Å². The topological polar surface area (TPSA) is 225 Å². The van der Waals surface area contributed by atoms with Crippen LogP contribution in [0.1, 0.15) is 19.8 Å². The van der Waals surface area contributed by atoms with Gasteiger partial charge in [-0.3, -0.25) is 28.8 Å². The second-order valence-corrected chi connectivity index (χ2v) is 5.21. The minimum Gasteiger partial charge on any atom is -0.481 e. The van der Waals surface area contributed by atoms with Gasteiger partial charge < -0.3 is 37.0 Å². The van der Waals surface area contributed by atoms with Gasteiger partial charge in [-0.1, -0.05) is 0 Å². The third-order valence-corrected chi connectivity index (χ3v) is 2.91. The van der Waals surface area contributed by atoms with Gasteiger partial charge in [0.25, 0.3) is 0 Å². The molecule has 26 heavy (non-hydrogen) atoms. The van der Waals surface area contributed by atoms with E-state index in [1.807, 2.05) is 5.32 Å². The van der Waals surface area contributed by atoms with E-state index in [0.29, 0.717) is 0 Å². The van der Waals surface area contributed by atoms with Crippen LogP contribution in [-0.2, 0) is 28.8 Å². The van der Waals surface area contributed by atoms with E-state index in [0.717, 1.165) is 0 Å². The van der Waals surface area contributed by atoms with Crippen molar-refractivity contribution in [2.75, 3.05) is 6.54 Å². The molecule has 3 atom stereocenters. The third kappa shape index (κ3) is 9.17. The highest BCUT2D eigenvalue weighted by Gasteiger charge is 2.27. The van der Waals surface area contributed by atoms with E-state index in [9.17, 15) is 28.8 Å². The van der Waals surface area contributed by atoms with Gasteiger partial charge in [-0.25, -0.2) is 0 Å². The zero-order valence-corrected chi connectivity index (χ0v) is 13.7. The average Bonchev–Trinajstić information content (AvgIpc) is 2.50. The maximum atomic E-state index is 12.0. The molecule has 13 heteroatoms. The van der Waals surface area contributed by atoms with Crippen molar-refractivity contribution in [2.24, 2.45) is 5.73 Å². The van der Waals surface area contributed by atoms with E-state index in [1.54, 1.807) is 0 Å². The standard InChI is InChI=1S/C13H20N4O9/c1-5(16-12(25)6(14)2-8(18)19)11(24)17-7(3-9(20)21)13(26)15-4-10(22)23/h5-7H,2-4,14H2,1H3,(H,15,26)(H,16,25)(H,17,24)(H,18,19)(H,20,21)(H,22,23)/t5-,6+,7+/m1/s1. The molecule has 0 fully saturated rings. The van der Waals surface area contributed by atoms with Crippen LogP contribution in [0.15, 0.2) is 0 Å². The highest BCUT2D eigenvalue weighted by Crippen LogP contribution is 1.96. The number of amides is 3. The summed E-state index contributed by atoms with van der Waals surface area (Å²) in [5, 5.41) is 31.9. The van der Waals surface area contributed by atoms with Crippen LogP contribution in [0.4, 0.5) is 0 Å². The number of nitrogens with one attached hydrogen (secondary N) is 3. The van der Waals surface area contributed by atoms with Crippen LogP contribution in [0, 0.1) is 0 Å². The number of carbonyl (C=O) groups excluding carboxylic acids is 3. The van der Waals surface area contributed by atoms with E-state index in [2.05, 4.69) is 10.6 Å². The molecule has 0 radical (unpaired) electrons. The molecule has 0 rings (SSSR count). The van der Waals surface area contributed by atoms with Gasteiger partial charge in [0.2, 0.25) is 17.7 Å². The Morgan fingerprint density at radius 2 is 1.35 bits per heavy atom. The summed E-state index contributed by atoms with van der Waals surface area (Å²) in [4.78, 5) is 67.1. The Kier molecular flexibility index (Phi) is 9.29. The Labute approximate surface area is 146 Å². The molecule has 0 aliphatic heterocycles. The fourth-order valence-corrected chi connectivity index (χ4v) is 1.63. The van der Waals surface area contributed by atoms with Crippen molar-refractivity contribution < 1.29 is 44.1 Å². The summed E-state index contributed by atoms with van der Waals surface area (Å²) in [5.74, 6) is -7.03. The van der Waals surface area contributed by atoms with Crippen molar-refractivity contribution >= 4 is 35.6 Å². The molecule has 13 nitrogen and oxygen atoms in total. The second-order valence-electron chi connectivity index (χ2n) is 5.21. The molecule has 0 aliphatic rings. The minimum atomic E-state index is -1.58. The molecular formula is C13H20N4O9. The third-order valence-electron chi connectivity index (χ3n) is 2.91. The predicted molar refractivity (Wildman–Crippen MR) is 82.7 cm³/mol. The van der Waals surface area contributed by atoms with Crippen molar-refractivity contribution in [1.29, 1.82) is 0 Å². The van der Waals surface area contributed by atoms with Gasteiger partial charge in [-0.2, -0.15) is 0 Å². The molecule has 0 spiro atoms. The van der Waals surface area contributed by atoms with Crippen molar-refractivity contribution in [3.8, 4) is 0 Å². The van der Waals surface area contributed by atoms with Crippen LogP contribution in [0.2, 0.25) is 0 Å². The summed E-state index contributed by atoms with van der Waals surface area (Å²) in [6, 6.07) is -4.24. The number of hydrogen-bond donors (Lipinski definition) is 7. The minimum absolute atomic E-state index is 0.667. The summed E-state index contributed by atoms with van der Waals surface area (Å²) in [6.45, 7) is 0.425. The van der Waals surface area contributed by atoms with Gasteiger partial charge >= 0.3 is 17.9 Å². The Bertz CT molecular complexity index is 592. The van der Waals surface area contributed by atoms with Gasteiger partial charge in [-0.05, 0) is 6.92 Å². The number of aliphatic carboxylic acids is 3. The van der Waals surface area contributed by atoms with E-state index in [4.69, 9.17) is 21.1 Å². The first-order chi connectivity index (χ1) is 11.9. The Morgan fingerprint density at radius 3 is 1.81 bits per heavy atom. The maximum Gasteiger partial charge on any atom is 0.322 e. The quantitative estimate of drug-likeness (QED) is 0.188. The smallest absolute Gasteiger partial charge is 0.322 e. The van der Waals surface area contributed by atoms with E-state index < -0.39 is 73.1 Å².